The molecule has 3 aromatic rings. The van der Waals surface area contributed by atoms with Crippen LogP contribution >= 0.6 is 0 Å². The third-order valence-electron chi connectivity index (χ3n) is 5.58. The van der Waals surface area contributed by atoms with Gasteiger partial charge < -0.3 is 38.1 Å². The van der Waals surface area contributed by atoms with E-state index in [-0.39, 0.29) is 27.8 Å². The summed E-state index contributed by atoms with van der Waals surface area (Å²) in [6, 6.07) is 9.34. The van der Waals surface area contributed by atoms with Gasteiger partial charge in [-0.15, -0.1) is 0 Å². The van der Waals surface area contributed by atoms with Gasteiger partial charge in [0, 0.05) is 0 Å². The van der Waals surface area contributed by atoms with Crippen LogP contribution in [-0.2, 0) is 22.7 Å². The van der Waals surface area contributed by atoms with Gasteiger partial charge in [-0.05, 0) is 54.6 Å². The lowest BCUT2D eigenvalue weighted by Gasteiger charge is -2.14. The molecule has 0 saturated carbocycles. The molecule has 3 N–H and O–H groups in total. The summed E-state index contributed by atoms with van der Waals surface area (Å²) in [5, 5.41) is 30.1. The number of phenolic OH excluding ortho intramolecular Hbond substituents is 3. The van der Waals surface area contributed by atoms with Crippen LogP contribution in [0.25, 0.3) is 0 Å². The second-order valence-corrected chi connectivity index (χ2v) is 10.8. The minimum absolute atomic E-state index is 0.132. The Morgan fingerprint density at radius 1 is 0.561 bits per heavy atom. The van der Waals surface area contributed by atoms with Crippen LogP contribution in [0.4, 0.5) is 0 Å². The Balaban J connectivity index is 1.28. The van der Waals surface area contributed by atoms with E-state index in [9.17, 15) is 44.1 Å². The number of fused-ring (bicyclic) bond motifs is 12. The third kappa shape index (κ3) is 5.65. The van der Waals surface area contributed by atoms with Gasteiger partial charge in [0.1, 0.15) is 17.2 Å². The van der Waals surface area contributed by atoms with E-state index in [1.807, 2.05) is 0 Å². The fourth-order valence-corrected chi connectivity index (χ4v) is 5.68. The highest BCUT2D eigenvalue weighted by Gasteiger charge is 2.52. The van der Waals surface area contributed by atoms with Gasteiger partial charge >= 0.3 is 66.1 Å². The normalized spacial score (nSPS) is 14.2. The van der Waals surface area contributed by atoms with Gasteiger partial charge in [0.25, 0.3) is 0 Å². The smallest absolute Gasteiger partial charge is 0.547 e. The van der Waals surface area contributed by atoms with Crippen LogP contribution in [0.2, 0.25) is 0 Å². The van der Waals surface area contributed by atoms with Gasteiger partial charge in [-0.1, -0.05) is 0 Å². The Labute approximate surface area is 237 Å². The number of aromatic hydroxyl groups is 3. The van der Waals surface area contributed by atoms with Gasteiger partial charge in [-0.3, -0.25) is 0 Å². The van der Waals surface area contributed by atoms with Crippen molar-refractivity contribution in [3.05, 3.63) is 88.0 Å². The molecule has 0 saturated heterocycles. The second-order valence-electron chi connectivity index (χ2n) is 8.20. The first-order valence-corrected chi connectivity index (χ1v) is 14.1. The van der Waals surface area contributed by atoms with Crippen molar-refractivity contribution in [2.45, 2.75) is 0 Å². The molecule has 4 heterocycles. The molecule has 41 heavy (non-hydrogen) atoms. The first-order chi connectivity index (χ1) is 19.5. The fourth-order valence-electron chi connectivity index (χ4n) is 3.56. The van der Waals surface area contributed by atoms with Gasteiger partial charge in [0.05, 0.1) is 33.4 Å². The summed E-state index contributed by atoms with van der Waals surface area (Å²) >= 11 is -7.66. The molecule has 0 fully saturated rings. The average Bonchev–Trinajstić information content (AvgIpc) is 3.04. The van der Waals surface area contributed by atoms with E-state index in [2.05, 4.69) is 0 Å². The van der Waals surface area contributed by atoms with Crippen molar-refractivity contribution >= 4 is 66.1 Å². The molecule has 0 aromatic heterocycles. The van der Waals surface area contributed by atoms with Crippen molar-refractivity contribution in [3.8, 4) is 17.2 Å². The zero-order valence-corrected chi connectivity index (χ0v) is 22.4. The quantitative estimate of drug-likeness (QED) is 0.361. The molecule has 0 radical (unpaired) electrons. The maximum Gasteiger partial charge on any atom is 1.20 e. The molecule has 4 aliphatic rings. The topological polar surface area (TPSA) is 218 Å². The number of hydrogen-bond donors (Lipinski definition) is 3. The van der Waals surface area contributed by atoms with Gasteiger partial charge in [0.2, 0.25) is 0 Å². The van der Waals surface area contributed by atoms with Gasteiger partial charge in [0.15, 0.2) is 0 Å². The summed E-state index contributed by atoms with van der Waals surface area (Å²) in [7, 11) is 0. The van der Waals surface area contributed by atoms with Crippen molar-refractivity contribution in [3.63, 3.8) is 0 Å². The number of rotatable bonds is 4. The van der Waals surface area contributed by atoms with E-state index in [0.29, 0.717) is 0 Å². The van der Waals surface area contributed by atoms with Crippen LogP contribution in [0.1, 0.15) is 62.1 Å². The lowest BCUT2D eigenvalue weighted by molar-refractivity contribution is 0.0378. The Hall–Kier alpha value is -5.06. The Bertz CT molecular complexity index is 1670. The van der Waals surface area contributed by atoms with E-state index in [0.717, 1.165) is 42.5 Å². The minimum atomic E-state index is -3.85. The van der Waals surface area contributed by atoms with Crippen molar-refractivity contribution in [1.82, 2.24) is 0 Å². The molecule has 0 aliphatic carbocycles. The molecule has 17 heteroatoms. The first kappa shape index (κ1) is 27.5. The van der Waals surface area contributed by atoms with Crippen LogP contribution in [0, 0.1) is 0 Å². The highest BCUT2D eigenvalue weighted by Crippen LogP contribution is 2.26. The molecule has 7 rings (SSSR count). The summed E-state index contributed by atoms with van der Waals surface area (Å²) < 4.78 is 29.9. The number of carbonyl (C=O) groups is 6. The Kier molecular flexibility index (Phi) is 7.27. The fraction of sp³-hybridized carbons (Fsp3) is 0. The van der Waals surface area contributed by atoms with E-state index in [1.54, 1.807) is 0 Å². The SMILES string of the molecule is O=C1[O][Al]([O]C(=O)c2ccc(C(=O)[O][Al]3[O]C(=O)c4ccc(c(O)c4)C(=O)[O]3)c(O)c2)[O]C(=O)c2ccc1cc2O. The van der Waals surface area contributed by atoms with Crippen molar-refractivity contribution in [1.29, 1.82) is 0 Å². The molecule has 15 nitrogen and oxygen atoms in total. The molecule has 0 amide bonds. The summed E-state index contributed by atoms with van der Waals surface area (Å²) in [5.41, 5.74) is -1.77. The molecule has 0 spiro atoms. The second kappa shape index (κ2) is 10.8. The predicted octanol–water partition coefficient (Wildman–Crippen LogP) is 1.14. The molecular weight excluding hydrogens is 582 g/mol. The summed E-state index contributed by atoms with van der Waals surface area (Å²) in [6.07, 6.45) is 0. The van der Waals surface area contributed by atoms with Crippen LogP contribution in [-0.4, -0.2) is 81.4 Å². The summed E-state index contributed by atoms with van der Waals surface area (Å²) in [6.45, 7) is 0. The lowest BCUT2D eigenvalue weighted by atomic mass is 10.1. The minimum Gasteiger partial charge on any atom is -0.547 e. The Morgan fingerprint density at radius 2 is 1.02 bits per heavy atom. The van der Waals surface area contributed by atoms with Crippen molar-refractivity contribution in [2.75, 3.05) is 0 Å². The zero-order chi connectivity index (χ0) is 29.4. The average molecular weight is 594 g/mol. The molecule has 4 bridgehead atoms. The van der Waals surface area contributed by atoms with E-state index < -0.39 is 88.9 Å². The van der Waals surface area contributed by atoms with Crippen LogP contribution in [0.3, 0.4) is 0 Å². The van der Waals surface area contributed by atoms with E-state index in [4.69, 9.17) is 22.7 Å². The van der Waals surface area contributed by atoms with Gasteiger partial charge in [-0.2, -0.15) is 0 Å². The number of benzene rings is 3. The number of phenols is 3. The summed E-state index contributed by atoms with van der Waals surface area (Å²) in [5.74, 6) is -8.72. The zero-order valence-electron chi connectivity index (χ0n) is 20.1. The van der Waals surface area contributed by atoms with Crippen LogP contribution in [0.5, 0.6) is 17.2 Å². The Morgan fingerprint density at radius 3 is 1.49 bits per heavy atom. The lowest BCUT2D eigenvalue weighted by Crippen LogP contribution is -2.34. The number of hydrogen-bond acceptors (Lipinski definition) is 15. The van der Waals surface area contributed by atoms with Crippen LogP contribution in [0.15, 0.2) is 54.6 Å². The first-order valence-electron chi connectivity index (χ1n) is 11.2. The number of carbonyl (C=O) groups excluding carboxylic acids is 6. The standard InChI is InChI=1S/3C8H6O5.2Al/c3*9-6-3-4(7(10)11)1-2-5(6)8(12)13;;/h3*1-3,9H,(H,10,11)(H,12,13);;/q;;;2*+3/p-6. The molecule has 0 unspecified atom stereocenters. The van der Waals surface area contributed by atoms with E-state index >= 15 is 0 Å². The monoisotopic (exact) mass is 594 g/mol. The highest BCUT2D eigenvalue weighted by molar-refractivity contribution is 6.46. The molecule has 0 atom stereocenters. The highest BCUT2D eigenvalue weighted by atomic mass is 27.3. The molecule has 3 aromatic carbocycles. The van der Waals surface area contributed by atoms with Gasteiger partial charge in [-0.25, -0.2) is 28.8 Å². The van der Waals surface area contributed by atoms with E-state index in [1.165, 1.54) is 12.1 Å². The molecule has 204 valence electrons. The van der Waals surface area contributed by atoms with Crippen molar-refractivity contribution in [2.24, 2.45) is 0 Å². The largest absolute Gasteiger partial charge is 1.20 e. The maximum absolute atomic E-state index is 12.7. The van der Waals surface area contributed by atoms with Crippen LogP contribution < -0.4 is 0 Å². The van der Waals surface area contributed by atoms with Crippen molar-refractivity contribution < 1.29 is 66.8 Å². The maximum atomic E-state index is 12.7. The predicted molar refractivity (Wildman–Crippen MR) is 128 cm³/mol. The summed E-state index contributed by atoms with van der Waals surface area (Å²) in [4.78, 5) is 74.4. The molecular formula is C24H12Al2O15. The molecule has 4 aliphatic heterocycles. The third-order valence-corrected chi connectivity index (χ3v) is 8.02.